The number of anilines is 1. The normalized spacial score (nSPS) is 12.8. The van der Waals surface area contributed by atoms with Crippen LogP contribution in [0.25, 0.3) is 0 Å². The third kappa shape index (κ3) is 4.37. The minimum atomic E-state index is -0.652. The molecule has 0 atom stereocenters. The van der Waals surface area contributed by atoms with Crippen molar-refractivity contribution in [3.8, 4) is 11.5 Å². The maximum atomic E-state index is 12.1. The Morgan fingerprint density at radius 1 is 1.25 bits per heavy atom. The summed E-state index contributed by atoms with van der Waals surface area (Å²) in [5, 5.41) is 11.0. The van der Waals surface area contributed by atoms with E-state index in [1.165, 1.54) is 18.2 Å². The largest absolute Gasteiger partial charge is 0.490 e. The van der Waals surface area contributed by atoms with E-state index in [1.807, 2.05) is 31.2 Å². The van der Waals surface area contributed by atoms with E-state index < -0.39 is 16.8 Å². The third-order valence-electron chi connectivity index (χ3n) is 4.08. The molecule has 146 valence electrons. The lowest BCUT2D eigenvalue weighted by molar-refractivity contribution is -0.384. The molecule has 3 rings (SSSR count). The number of carbonyl (C=O) groups excluding carboxylic acids is 2. The van der Waals surface area contributed by atoms with Crippen LogP contribution in [0.5, 0.6) is 11.5 Å². The van der Waals surface area contributed by atoms with Crippen LogP contribution in [0.3, 0.4) is 0 Å². The van der Waals surface area contributed by atoms with Crippen molar-refractivity contribution in [2.24, 2.45) is 0 Å². The molecule has 9 heteroatoms. The van der Waals surface area contributed by atoms with E-state index in [0.29, 0.717) is 11.5 Å². The highest BCUT2D eigenvalue weighted by Gasteiger charge is 2.29. The molecule has 1 amide bonds. The molecule has 1 aliphatic heterocycles. The minimum Gasteiger partial charge on any atom is -0.490 e. The Morgan fingerprint density at radius 3 is 2.79 bits per heavy atom. The molecule has 0 aliphatic carbocycles. The van der Waals surface area contributed by atoms with Gasteiger partial charge in [-0.25, -0.2) is 0 Å². The first-order valence-corrected chi connectivity index (χ1v) is 8.51. The number of esters is 1. The zero-order valence-electron chi connectivity index (χ0n) is 15.1. The van der Waals surface area contributed by atoms with Gasteiger partial charge in [-0.1, -0.05) is 18.2 Å². The molecule has 9 nitrogen and oxygen atoms in total. The molecule has 1 heterocycles. The summed E-state index contributed by atoms with van der Waals surface area (Å²) >= 11 is 0. The van der Waals surface area contributed by atoms with Crippen LogP contribution in [0.1, 0.15) is 5.56 Å². The third-order valence-corrected chi connectivity index (χ3v) is 4.08. The van der Waals surface area contributed by atoms with Crippen molar-refractivity contribution in [1.29, 1.82) is 0 Å². The van der Waals surface area contributed by atoms with Gasteiger partial charge in [0.05, 0.1) is 10.6 Å². The summed E-state index contributed by atoms with van der Waals surface area (Å²) in [7, 11) is 0. The topological polar surface area (TPSA) is 108 Å². The Balaban J connectivity index is 1.58. The van der Waals surface area contributed by atoms with E-state index in [0.717, 1.165) is 10.5 Å². The molecule has 0 N–H and O–H groups in total. The SMILES string of the molecule is Cc1ccccc1OCCOC(=O)CN1C(=O)COc2ccc([N+](=O)[O-])cc21. The standard InChI is InChI=1S/C19H18N2O7/c1-13-4-2-3-5-16(13)26-8-9-27-19(23)11-20-15-10-14(21(24)25)6-7-17(15)28-12-18(20)22/h2-7,10H,8-9,11-12H2,1H3. The van der Waals surface area contributed by atoms with Crippen molar-refractivity contribution in [3.63, 3.8) is 0 Å². The van der Waals surface area contributed by atoms with E-state index in [1.54, 1.807) is 0 Å². The van der Waals surface area contributed by atoms with Crippen LogP contribution < -0.4 is 14.4 Å². The fraction of sp³-hybridized carbons (Fsp3) is 0.263. The van der Waals surface area contributed by atoms with Gasteiger partial charge in [0.1, 0.15) is 31.3 Å². The van der Waals surface area contributed by atoms with Crippen LogP contribution >= 0.6 is 0 Å². The second kappa shape index (κ2) is 8.38. The Bertz CT molecular complexity index is 913. The number of fused-ring (bicyclic) bond motifs is 1. The number of non-ortho nitro benzene ring substituents is 1. The summed E-state index contributed by atoms with van der Waals surface area (Å²) in [4.78, 5) is 35.7. The average molecular weight is 386 g/mol. The van der Waals surface area contributed by atoms with Gasteiger partial charge in [0.25, 0.3) is 11.6 Å². The van der Waals surface area contributed by atoms with E-state index in [9.17, 15) is 19.7 Å². The number of benzene rings is 2. The number of carbonyl (C=O) groups is 2. The highest BCUT2D eigenvalue weighted by molar-refractivity contribution is 6.01. The lowest BCUT2D eigenvalue weighted by Gasteiger charge is -2.28. The van der Waals surface area contributed by atoms with Gasteiger partial charge >= 0.3 is 5.97 Å². The molecular weight excluding hydrogens is 368 g/mol. The molecule has 0 bridgehead atoms. The molecule has 0 spiro atoms. The van der Waals surface area contributed by atoms with Gasteiger partial charge in [0.2, 0.25) is 0 Å². The molecule has 2 aromatic rings. The molecule has 0 unspecified atom stereocenters. The number of para-hydroxylation sites is 1. The van der Waals surface area contributed by atoms with Crippen molar-refractivity contribution in [2.75, 3.05) is 31.3 Å². The van der Waals surface area contributed by atoms with Gasteiger partial charge in [0.15, 0.2) is 6.61 Å². The average Bonchev–Trinajstić information content (AvgIpc) is 2.68. The van der Waals surface area contributed by atoms with Crippen molar-refractivity contribution < 1.29 is 28.7 Å². The maximum absolute atomic E-state index is 12.1. The Hall–Kier alpha value is -3.62. The van der Waals surface area contributed by atoms with Gasteiger partial charge in [-0.3, -0.25) is 24.6 Å². The summed E-state index contributed by atoms with van der Waals surface area (Å²) in [6.45, 7) is 1.44. The van der Waals surface area contributed by atoms with Crippen LogP contribution in [0.4, 0.5) is 11.4 Å². The van der Waals surface area contributed by atoms with Crippen LogP contribution in [-0.2, 0) is 14.3 Å². The van der Waals surface area contributed by atoms with E-state index in [2.05, 4.69) is 0 Å². The number of nitro groups is 1. The first-order chi connectivity index (χ1) is 13.5. The predicted octanol–water partition coefficient (Wildman–Crippen LogP) is 2.25. The minimum absolute atomic E-state index is 0.00743. The van der Waals surface area contributed by atoms with Crippen LogP contribution in [0, 0.1) is 17.0 Å². The summed E-state index contributed by atoms with van der Waals surface area (Å²) in [6, 6.07) is 11.3. The first-order valence-electron chi connectivity index (χ1n) is 8.51. The molecule has 0 saturated heterocycles. The number of hydrogen-bond donors (Lipinski definition) is 0. The van der Waals surface area contributed by atoms with E-state index in [-0.39, 0.29) is 37.7 Å². The maximum Gasteiger partial charge on any atom is 0.326 e. The van der Waals surface area contributed by atoms with Crippen molar-refractivity contribution in [1.82, 2.24) is 0 Å². The zero-order chi connectivity index (χ0) is 20.1. The summed E-state index contributed by atoms with van der Waals surface area (Å²) < 4.78 is 15.9. The van der Waals surface area contributed by atoms with Gasteiger partial charge < -0.3 is 14.2 Å². The summed E-state index contributed by atoms with van der Waals surface area (Å²) in [6.07, 6.45) is 0. The lowest BCUT2D eigenvalue weighted by Crippen LogP contribution is -2.42. The van der Waals surface area contributed by atoms with Gasteiger partial charge in [-0.15, -0.1) is 0 Å². The van der Waals surface area contributed by atoms with E-state index in [4.69, 9.17) is 14.2 Å². The molecule has 0 fully saturated rings. The molecular formula is C19H18N2O7. The summed E-state index contributed by atoms with van der Waals surface area (Å²) in [5.41, 5.74) is 0.923. The van der Waals surface area contributed by atoms with Crippen LogP contribution in [0.15, 0.2) is 42.5 Å². The Kier molecular flexibility index (Phi) is 5.73. The molecule has 0 radical (unpaired) electrons. The Morgan fingerprint density at radius 2 is 2.04 bits per heavy atom. The molecule has 1 aliphatic rings. The fourth-order valence-electron chi connectivity index (χ4n) is 2.68. The number of nitrogens with zero attached hydrogens (tertiary/aromatic N) is 2. The highest BCUT2D eigenvalue weighted by Crippen LogP contribution is 2.35. The van der Waals surface area contributed by atoms with Crippen molar-refractivity contribution >= 4 is 23.3 Å². The van der Waals surface area contributed by atoms with Crippen molar-refractivity contribution in [3.05, 3.63) is 58.1 Å². The van der Waals surface area contributed by atoms with Crippen LogP contribution in [0.2, 0.25) is 0 Å². The summed E-state index contributed by atoms with van der Waals surface area (Å²) in [5.74, 6) is -0.147. The number of rotatable bonds is 7. The monoisotopic (exact) mass is 386 g/mol. The molecule has 28 heavy (non-hydrogen) atoms. The van der Waals surface area contributed by atoms with Crippen LogP contribution in [-0.4, -0.2) is 43.2 Å². The molecule has 2 aromatic carbocycles. The number of nitro benzene ring substituents is 1. The fourth-order valence-corrected chi connectivity index (χ4v) is 2.68. The predicted molar refractivity (Wildman–Crippen MR) is 98.6 cm³/mol. The van der Waals surface area contributed by atoms with Crippen molar-refractivity contribution in [2.45, 2.75) is 6.92 Å². The molecule has 0 saturated carbocycles. The van der Waals surface area contributed by atoms with Gasteiger partial charge in [-0.05, 0) is 24.6 Å². The second-order valence-corrected chi connectivity index (χ2v) is 6.01. The van der Waals surface area contributed by atoms with Gasteiger partial charge in [-0.2, -0.15) is 0 Å². The Labute approximate surface area is 160 Å². The van der Waals surface area contributed by atoms with E-state index >= 15 is 0 Å². The highest BCUT2D eigenvalue weighted by atomic mass is 16.6. The number of hydrogen-bond acceptors (Lipinski definition) is 7. The number of ether oxygens (including phenoxy) is 3. The van der Waals surface area contributed by atoms with Gasteiger partial charge in [0, 0.05) is 12.1 Å². The second-order valence-electron chi connectivity index (χ2n) is 6.01. The zero-order valence-corrected chi connectivity index (χ0v) is 15.1. The quantitative estimate of drug-likeness (QED) is 0.311. The molecule has 0 aromatic heterocycles. The number of aryl methyl sites for hydroxylation is 1. The lowest BCUT2D eigenvalue weighted by atomic mass is 10.2. The number of amides is 1. The smallest absolute Gasteiger partial charge is 0.326 e. The first kappa shape index (κ1) is 19.2.